The first-order chi connectivity index (χ1) is 32.8. The molecular formula is C62H38N2OS. The summed E-state index contributed by atoms with van der Waals surface area (Å²) >= 11 is 1.88. The largest absolute Gasteiger partial charge is 0.455 e. The van der Waals surface area contributed by atoms with E-state index in [0.717, 1.165) is 61.4 Å². The minimum atomic E-state index is 0.881. The number of aromatic nitrogens is 1. The number of benzene rings is 11. The minimum Gasteiger partial charge on any atom is -0.455 e. The van der Waals surface area contributed by atoms with Crippen LogP contribution in [0.3, 0.4) is 0 Å². The molecule has 0 saturated carbocycles. The number of hydrogen-bond acceptors (Lipinski definition) is 3. The average molecular weight is 859 g/mol. The second kappa shape index (κ2) is 14.5. The zero-order chi connectivity index (χ0) is 43.3. The topological polar surface area (TPSA) is 21.3 Å². The zero-order valence-electron chi connectivity index (χ0n) is 35.7. The van der Waals surface area contributed by atoms with Gasteiger partial charge in [0, 0.05) is 69.4 Å². The maximum Gasteiger partial charge on any atom is 0.143 e. The first-order valence-electron chi connectivity index (χ1n) is 22.5. The normalized spacial score (nSPS) is 11.9. The van der Waals surface area contributed by atoms with Crippen LogP contribution in [0.25, 0.3) is 113 Å². The molecule has 0 N–H and O–H groups in total. The number of rotatable bonds is 6. The highest BCUT2D eigenvalue weighted by Gasteiger charge is 2.28. The number of fused-ring (bicyclic) bond motifs is 12. The first-order valence-corrected chi connectivity index (χ1v) is 23.3. The van der Waals surface area contributed by atoms with E-state index in [-0.39, 0.29) is 0 Å². The summed E-state index contributed by atoms with van der Waals surface area (Å²) in [6, 6.07) is 84.2. The number of furan rings is 1. The van der Waals surface area contributed by atoms with Gasteiger partial charge in [-0.3, -0.25) is 0 Å². The number of para-hydroxylation sites is 6. The highest BCUT2D eigenvalue weighted by atomic mass is 32.1. The van der Waals surface area contributed by atoms with Crippen LogP contribution in [0.15, 0.2) is 235 Å². The van der Waals surface area contributed by atoms with Crippen molar-refractivity contribution in [3.8, 4) is 27.9 Å². The van der Waals surface area contributed by atoms with Crippen molar-refractivity contribution in [2.75, 3.05) is 4.90 Å². The highest BCUT2D eigenvalue weighted by Crippen LogP contribution is 2.54. The molecule has 66 heavy (non-hydrogen) atoms. The van der Waals surface area contributed by atoms with Crippen LogP contribution < -0.4 is 4.90 Å². The SMILES string of the molecule is c1ccc(N(c2ccc3c(sc4ccccc43)c2-c2ccccc2-n2c3ccccc3c3ccccc32)c2cc3ccccc3c3ccccc23)c(-c2cccc3c2oc2ccccc23)c1. The Labute approximate surface area is 384 Å². The number of anilines is 3. The van der Waals surface area contributed by atoms with Gasteiger partial charge in [-0.15, -0.1) is 11.3 Å². The van der Waals surface area contributed by atoms with E-state index in [2.05, 4.69) is 234 Å². The molecule has 308 valence electrons. The van der Waals surface area contributed by atoms with Gasteiger partial charge >= 0.3 is 0 Å². The summed E-state index contributed by atoms with van der Waals surface area (Å²) in [5.41, 5.74) is 13.0. The van der Waals surface area contributed by atoms with E-state index in [1.165, 1.54) is 69.1 Å². The van der Waals surface area contributed by atoms with E-state index in [1.807, 2.05) is 17.4 Å². The van der Waals surface area contributed by atoms with Crippen LogP contribution in [-0.4, -0.2) is 4.57 Å². The Morgan fingerprint density at radius 1 is 0.364 bits per heavy atom. The van der Waals surface area contributed by atoms with Gasteiger partial charge in [-0.2, -0.15) is 0 Å². The number of nitrogens with zero attached hydrogens (tertiary/aromatic N) is 2. The van der Waals surface area contributed by atoms with Gasteiger partial charge in [-0.25, -0.2) is 0 Å². The third-order valence-electron chi connectivity index (χ3n) is 13.6. The Morgan fingerprint density at radius 3 is 1.77 bits per heavy atom. The molecule has 14 rings (SSSR count). The summed E-state index contributed by atoms with van der Waals surface area (Å²) in [6.45, 7) is 0. The zero-order valence-corrected chi connectivity index (χ0v) is 36.5. The van der Waals surface area contributed by atoms with Crippen LogP contribution in [0, 0.1) is 0 Å². The summed E-state index contributed by atoms with van der Waals surface area (Å²) in [4.78, 5) is 2.55. The van der Waals surface area contributed by atoms with Crippen molar-refractivity contribution >= 4 is 114 Å². The lowest BCUT2D eigenvalue weighted by Gasteiger charge is -2.32. The van der Waals surface area contributed by atoms with Gasteiger partial charge in [0.2, 0.25) is 0 Å². The lowest BCUT2D eigenvalue weighted by Crippen LogP contribution is -2.13. The fourth-order valence-corrected chi connectivity index (χ4v) is 12.0. The molecule has 0 aliphatic carbocycles. The summed E-state index contributed by atoms with van der Waals surface area (Å²) in [6.07, 6.45) is 0. The molecule has 0 saturated heterocycles. The Morgan fingerprint density at radius 2 is 0.955 bits per heavy atom. The monoisotopic (exact) mass is 858 g/mol. The third kappa shape index (κ3) is 5.43. The van der Waals surface area contributed by atoms with Gasteiger partial charge in [0.25, 0.3) is 0 Å². The molecule has 11 aromatic carbocycles. The van der Waals surface area contributed by atoms with Crippen molar-refractivity contribution in [1.82, 2.24) is 4.57 Å². The van der Waals surface area contributed by atoms with E-state index in [1.54, 1.807) is 0 Å². The van der Waals surface area contributed by atoms with E-state index in [9.17, 15) is 0 Å². The first kappa shape index (κ1) is 37.0. The van der Waals surface area contributed by atoms with Crippen molar-refractivity contribution in [2.45, 2.75) is 0 Å². The van der Waals surface area contributed by atoms with Crippen LogP contribution in [0.5, 0.6) is 0 Å². The standard InChI is InChI=1S/C62H38N2OS/c1-2-19-40-39(18-1)38-57(42-21-4-3-20-41(40)42)64(54-32-13-7-24-45(54)48-28-17-29-49-46-25-9-15-34-58(46)65-61(48)49)56-37-36-50-47-26-10-16-35-59(47)66-62(50)60(56)51-27-8-14-33-55(51)63-52-30-11-5-22-43(52)44-23-6-12-31-53(44)63/h1-38H. The molecule has 0 bridgehead atoms. The predicted molar refractivity (Wildman–Crippen MR) is 282 cm³/mol. The second-order valence-corrected chi connectivity index (χ2v) is 18.2. The molecule has 14 aromatic rings. The van der Waals surface area contributed by atoms with Gasteiger partial charge in [0.05, 0.1) is 33.8 Å². The Hall–Kier alpha value is -8.44. The highest BCUT2D eigenvalue weighted by molar-refractivity contribution is 7.26. The lowest BCUT2D eigenvalue weighted by atomic mass is 9.94. The van der Waals surface area contributed by atoms with Crippen molar-refractivity contribution in [1.29, 1.82) is 0 Å². The van der Waals surface area contributed by atoms with Gasteiger partial charge in [0.1, 0.15) is 11.2 Å². The fourth-order valence-electron chi connectivity index (χ4n) is 10.8. The van der Waals surface area contributed by atoms with Crippen LogP contribution >= 0.6 is 11.3 Å². The summed E-state index contributed by atoms with van der Waals surface area (Å²) in [5, 5.41) is 12.0. The molecule has 0 amide bonds. The molecule has 0 aliphatic heterocycles. The van der Waals surface area contributed by atoms with Crippen LogP contribution in [0.1, 0.15) is 0 Å². The minimum absolute atomic E-state index is 0.881. The summed E-state index contributed by atoms with van der Waals surface area (Å²) in [7, 11) is 0. The maximum absolute atomic E-state index is 6.80. The van der Waals surface area contributed by atoms with Crippen LogP contribution in [-0.2, 0) is 0 Å². The van der Waals surface area contributed by atoms with Gasteiger partial charge in [-0.1, -0.05) is 182 Å². The molecule has 3 heterocycles. The van der Waals surface area contributed by atoms with E-state index >= 15 is 0 Å². The lowest BCUT2D eigenvalue weighted by molar-refractivity contribution is 0.670. The molecule has 4 heteroatoms. The van der Waals surface area contributed by atoms with Gasteiger partial charge < -0.3 is 13.9 Å². The van der Waals surface area contributed by atoms with Crippen molar-refractivity contribution in [3.05, 3.63) is 231 Å². The number of hydrogen-bond donors (Lipinski definition) is 0. The smallest absolute Gasteiger partial charge is 0.143 e. The van der Waals surface area contributed by atoms with Crippen molar-refractivity contribution < 1.29 is 4.42 Å². The fraction of sp³-hybridized carbons (Fsp3) is 0. The Bertz CT molecular complexity index is 4210. The third-order valence-corrected chi connectivity index (χ3v) is 14.8. The Balaban J connectivity index is 1.15. The summed E-state index contributed by atoms with van der Waals surface area (Å²) < 4.78 is 11.8. The molecule has 3 nitrogen and oxygen atoms in total. The summed E-state index contributed by atoms with van der Waals surface area (Å²) in [5.74, 6) is 0. The number of thiophene rings is 1. The molecule has 0 aliphatic rings. The molecule has 0 radical (unpaired) electrons. The molecule has 0 spiro atoms. The van der Waals surface area contributed by atoms with Gasteiger partial charge in [0.15, 0.2) is 0 Å². The van der Waals surface area contributed by atoms with E-state index < -0.39 is 0 Å². The van der Waals surface area contributed by atoms with Gasteiger partial charge in [-0.05, 0) is 64.7 Å². The van der Waals surface area contributed by atoms with Crippen LogP contribution in [0.4, 0.5) is 17.1 Å². The predicted octanol–water partition coefficient (Wildman–Crippen LogP) is 18.2. The van der Waals surface area contributed by atoms with E-state index in [4.69, 9.17) is 4.42 Å². The van der Waals surface area contributed by atoms with E-state index in [0.29, 0.717) is 0 Å². The Kier molecular flexibility index (Phi) is 8.15. The molecule has 0 unspecified atom stereocenters. The molecule has 3 aromatic heterocycles. The maximum atomic E-state index is 6.80. The quantitative estimate of drug-likeness (QED) is 0.155. The van der Waals surface area contributed by atoms with Crippen molar-refractivity contribution in [2.24, 2.45) is 0 Å². The molecule has 0 atom stereocenters. The van der Waals surface area contributed by atoms with Crippen LogP contribution in [0.2, 0.25) is 0 Å². The molecule has 0 fully saturated rings. The average Bonchev–Trinajstić information content (AvgIpc) is 4.07. The second-order valence-electron chi connectivity index (χ2n) is 17.1. The molecular weight excluding hydrogens is 821 g/mol. The van der Waals surface area contributed by atoms with Crippen molar-refractivity contribution in [3.63, 3.8) is 0 Å².